The number of para-hydroxylation sites is 1. The highest BCUT2D eigenvalue weighted by Crippen LogP contribution is 2.35. The number of amides is 2. The van der Waals surface area contributed by atoms with Gasteiger partial charge >= 0.3 is 6.03 Å². The summed E-state index contributed by atoms with van der Waals surface area (Å²) < 4.78 is 19.6. The van der Waals surface area contributed by atoms with Crippen molar-refractivity contribution in [2.45, 2.75) is 25.8 Å². The first-order valence-electron chi connectivity index (χ1n) is 10.4. The summed E-state index contributed by atoms with van der Waals surface area (Å²) in [5.74, 6) is 0.326. The zero-order chi connectivity index (χ0) is 21.4. The van der Waals surface area contributed by atoms with Crippen LogP contribution in [0.4, 0.5) is 14.9 Å². The summed E-state index contributed by atoms with van der Waals surface area (Å²) in [6, 6.07) is 19.9. The van der Waals surface area contributed by atoms with E-state index < -0.39 is 0 Å². The number of nitrogens with zero attached hydrogens (tertiary/aromatic N) is 2. The van der Waals surface area contributed by atoms with Crippen LogP contribution in [-0.4, -0.2) is 22.5 Å². The molecule has 31 heavy (non-hydrogen) atoms. The molecule has 0 bridgehead atoms. The van der Waals surface area contributed by atoms with Gasteiger partial charge in [0.2, 0.25) is 5.89 Å². The molecular formula is C25H22FN3O2. The molecule has 1 fully saturated rings. The predicted molar refractivity (Wildman–Crippen MR) is 118 cm³/mol. The van der Waals surface area contributed by atoms with E-state index in [-0.39, 0.29) is 17.9 Å². The highest BCUT2D eigenvalue weighted by molar-refractivity contribution is 5.89. The summed E-state index contributed by atoms with van der Waals surface area (Å²) >= 11 is 0. The Morgan fingerprint density at radius 2 is 1.87 bits per heavy atom. The largest absolute Gasteiger partial charge is 0.438 e. The summed E-state index contributed by atoms with van der Waals surface area (Å²) in [6.07, 6.45) is 1.70. The first-order chi connectivity index (χ1) is 15.1. The van der Waals surface area contributed by atoms with Gasteiger partial charge in [-0.2, -0.15) is 0 Å². The average molecular weight is 415 g/mol. The number of fused-ring (bicyclic) bond motifs is 1. The Labute approximate surface area is 179 Å². The molecule has 156 valence electrons. The van der Waals surface area contributed by atoms with E-state index in [2.05, 4.69) is 5.32 Å². The van der Waals surface area contributed by atoms with Gasteiger partial charge in [0.15, 0.2) is 5.58 Å². The number of anilines is 1. The number of aryl methyl sites for hydroxylation is 1. The van der Waals surface area contributed by atoms with Gasteiger partial charge in [0.05, 0.1) is 0 Å². The third-order valence-electron chi connectivity index (χ3n) is 5.72. The Kier molecular flexibility index (Phi) is 4.90. The molecule has 1 aromatic heterocycles. The van der Waals surface area contributed by atoms with Crippen LogP contribution in [-0.2, 0) is 0 Å². The predicted octanol–water partition coefficient (Wildman–Crippen LogP) is 6.31. The zero-order valence-electron chi connectivity index (χ0n) is 17.1. The molecule has 4 aromatic rings. The van der Waals surface area contributed by atoms with Gasteiger partial charge in [0, 0.05) is 12.2 Å². The number of halogens is 1. The smallest absolute Gasteiger partial charge is 0.322 e. The molecule has 2 amide bonds. The monoisotopic (exact) mass is 415 g/mol. The average Bonchev–Trinajstić information content (AvgIpc) is 3.42. The minimum atomic E-state index is -0.219. The third-order valence-corrected chi connectivity index (χ3v) is 5.72. The van der Waals surface area contributed by atoms with Crippen molar-refractivity contribution in [1.82, 2.24) is 9.88 Å². The van der Waals surface area contributed by atoms with E-state index in [1.807, 2.05) is 54.6 Å². The second-order valence-corrected chi connectivity index (χ2v) is 7.85. The molecule has 3 aromatic carbocycles. The summed E-state index contributed by atoms with van der Waals surface area (Å²) in [4.78, 5) is 19.3. The maximum Gasteiger partial charge on any atom is 0.322 e. The quantitative estimate of drug-likeness (QED) is 0.426. The number of nitrogens with one attached hydrogen (secondary N) is 1. The van der Waals surface area contributed by atoms with Crippen LogP contribution in [0.1, 0.15) is 30.3 Å². The number of likely N-dealkylation sites (tertiary alicyclic amines) is 1. The van der Waals surface area contributed by atoms with Crippen molar-refractivity contribution in [3.63, 3.8) is 0 Å². The van der Waals surface area contributed by atoms with Gasteiger partial charge in [-0.15, -0.1) is 0 Å². The Bertz CT molecular complexity index is 1250. The molecule has 5 rings (SSSR count). The molecule has 2 heterocycles. The van der Waals surface area contributed by atoms with Gasteiger partial charge in [-0.1, -0.05) is 30.3 Å². The number of oxazole rings is 1. The highest BCUT2D eigenvalue weighted by atomic mass is 19.1. The molecule has 1 saturated heterocycles. The Balaban J connectivity index is 1.41. The number of urea groups is 1. The van der Waals surface area contributed by atoms with Crippen LogP contribution in [0.5, 0.6) is 0 Å². The summed E-state index contributed by atoms with van der Waals surface area (Å²) in [5, 5.41) is 2.94. The Hall–Kier alpha value is -3.67. The van der Waals surface area contributed by atoms with Crippen molar-refractivity contribution >= 4 is 22.8 Å². The number of rotatable bonds is 3. The number of carbonyl (C=O) groups excluding carboxylic acids is 1. The van der Waals surface area contributed by atoms with E-state index in [1.54, 1.807) is 17.9 Å². The van der Waals surface area contributed by atoms with Crippen molar-refractivity contribution in [1.29, 1.82) is 0 Å². The van der Waals surface area contributed by atoms with E-state index in [4.69, 9.17) is 9.40 Å². The standard InChI is InChI=1S/C25H22FN3O2/c1-16-14-17(9-11-20(16)26)18-10-12-23-21(15-18)28-24(31-23)22-8-5-13-29(22)25(30)27-19-6-3-2-4-7-19/h2-4,6-7,9-12,14-15,22H,5,8,13H2,1H3,(H,27,30)/t22-/m0/s1. The van der Waals surface area contributed by atoms with Gasteiger partial charge in [0.1, 0.15) is 17.4 Å². The molecule has 0 saturated carbocycles. The molecule has 1 aliphatic rings. The fraction of sp³-hybridized carbons (Fsp3) is 0.200. The minimum Gasteiger partial charge on any atom is -0.438 e. The first kappa shape index (κ1) is 19.3. The molecule has 0 radical (unpaired) electrons. The van der Waals surface area contributed by atoms with Crippen LogP contribution in [0, 0.1) is 12.7 Å². The van der Waals surface area contributed by atoms with Crippen molar-refractivity contribution in [2.75, 3.05) is 11.9 Å². The van der Waals surface area contributed by atoms with E-state index in [1.165, 1.54) is 6.07 Å². The van der Waals surface area contributed by atoms with Crippen LogP contribution in [0.3, 0.4) is 0 Å². The van der Waals surface area contributed by atoms with Gasteiger partial charge in [0.25, 0.3) is 0 Å². The SMILES string of the molecule is Cc1cc(-c2ccc3oc([C@@H]4CCCN4C(=O)Nc4ccccc4)nc3c2)ccc1F. The number of carbonyl (C=O) groups is 1. The van der Waals surface area contributed by atoms with Crippen LogP contribution in [0.15, 0.2) is 71.1 Å². The topological polar surface area (TPSA) is 58.4 Å². The molecule has 1 N–H and O–H groups in total. The van der Waals surface area contributed by atoms with E-state index in [0.717, 1.165) is 35.2 Å². The molecule has 5 nitrogen and oxygen atoms in total. The van der Waals surface area contributed by atoms with Crippen LogP contribution >= 0.6 is 0 Å². The number of hydrogen-bond acceptors (Lipinski definition) is 3. The van der Waals surface area contributed by atoms with Crippen LogP contribution < -0.4 is 5.32 Å². The van der Waals surface area contributed by atoms with Crippen LogP contribution in [0.2, 0.25) is 0 Å². The van der Waals surface area contributed by atoms with Gasteiger partial charge in [-0.3, -0.25) is 0 Å². The van der Waals surface area contributed by atoms with E-state index in [9.17, 15) is 9.18 Å². The molecule has 6 heteroatoms. The van der Waals surface area contributed by atoms with Gasteiger partial charge in [-0.05, 0) is 72.9 Å². The Morgan fingerprint density at radius 3 is 2.68 bits per heavy atom. The number of benzene rings is 3. The molecular weight excluding hydrogens is 393 g/mol. The second kappa shape index (κ2) is 7.87. The molecule has 1 atom stereocenters. The van der Waals surface area contributed by atoms with Crippen molar-refractivity contribution in [3.05, 3.63) is 84.0 Å². The summed E-state index contributed by atoms with van der Waals surface area (Å²) in [7, 11) is 0. The maximum absolute atomic E-state index is 13.6. The fourth-order valence-electron chi connectivity index (χ4n) is 4.07. The lowest BCUT2D eigenvalue weighted by Gasteiger charge is -2.22. The highest BCUT2D eigenvalue weighted by Gasteiger charge is 2.33. The normalized spacial score (nSPS) is 16.1. The first-order valence-corrected chi connectivity index (χ1v) is 10.4. The molecule has 0 aliphatic carbocycles. The lowest BCUT2D eigenvalue weighted by Crippen LogP contribution is -2.34. The van der Waals surface area contributed by atoms with Gasteiger partial charge in [-0.25, -0.2) is 14.2 Å². The van der Waals surface area contributed by atoms with Crippen molar-refractivity contribution in [2.24, 2.45) is 0 Å². The fourth-order valence-corrected chi connectivity index (χ4v) is 4.07. The zero-order valence-corrected chi connectivity index (χ0v) is 17.1. The number of hydrogen-bond donors (Lipinski definition) is 1. The van der Waals surface area contributed by atoms with Crippen molar-refractivity contribution < 1.29 is 13.6 Å². The van der Waals surface area contributed by atoms with E-state index in [0.29, 0.717) is 23.6 Å². The maximum atomic E-state index is 13.6. The van der Waals surface area contributed by atoms with Crippen molar-refractivity contribution in [3.8, 4) is 11.1 Å². The number of aromatic nitrogens is 1. The molecule has 0 spiro atoms. The third kappa shape index (κ3) is 3.77. The van der Waals surface area contributed by atoms with E-state index >= 15 is 0 Å². The Morgan fingerprint density at radius 1 is 1.10 bits per heavy atom. The molecule has 0 unspecified atom stereocenters. The lowest BCUT2D eigenvalue weighted by molar-refractivity contribution is 0.199. The van der Waals surface area contributed by atoms with Crippen LogP contribution in [0.25, 0.3) is 22.2 Å². The lowest BCUT2D eigenvalue weighted by atomic mass is 10.0. The molecule has 1 aliphatic heterocycles. The summed E-state index contributed by atoms with van der Waals surface area (Å²) in [6.45, 7) is 2.41. The minimum absolute atomic E-state index is 0.154. The summed E-state index contributed by atoms with van der Waals surface area (Å²) in [5.41, 5.74) is 4.63. The second-order valence-electron chi connectivity index (χ2n) is 7.85. The van der Waals surface area contributed by atoms with Gasteiger partial charge < -0.3 is 14.6 Å².